The van der Waals surface area contributed by atoms with E-state index >= 15 is 0 Å². The van der Waals surface area contributed by atoms with Crippen LogP contribution in [0.5, 0.6) is 5.88 Å². The summed E-state index contributed by atoms with van der Waals surface area (Å²) in [6.07, 6.45) is 1.57. The van der Waals surface area contributed by atoms with E-state index in [-0.39, 0.29) is 17.6 Å². The predicted molar refractivity (Wildman–Crippen MR) is 82.1 cm³/mol. The van der Waals surface area contributed by atoms with Crippen molar-refractivity contribution in [1.82, 2.24) is 4.98 Å². The summed E-state index contributed by atoms with van der Waals surface area (Å²) in [7, 11) is 3.36. The average molecular weight is 301 g/mol. The number of rotatable bonds is 2. The Balaban J connectivity index is 2.03. The Morgan fingerprint density at radius 3 is 2.86 bits per heavy atom. The molecule has 0 fully saturated rings. The summed E-state index contributed by atoms with van der Waals surface area (Å²) in [6.45, 7) is 1.15. The van der Waals surface area contributed by atoms with Crippen molar-refractivity contribution in [3.05, 3.63) is 47.9 Å². The lowest BCUT2D eigenvalue weighted by molar-refractivity contribution is 0.0983. The van der Waals surface area contributed by atoms with Gasteiger partial charge in [-0.1, -0.05) is 0 Å². The van der Waals surface area contributed by atoms with Gasteiger partial charge in [-0.05, 0) is 30.3 Å². The van der Waals surface area contributed by atoms with Crippen molar-refractivity contribution in [2.75, 3.05) is 37.0 Å². The number of hydrogen-bond donors (Lipinski definition) is 0. The summed E-state index contributed by atoms with van der Waals surface area (Å²) in [6, 6.07) is 7.79. The van der Waals surface area contributed by atoms with Crippen LogP contribution in [0.4, 0.5) is 15.8 Å². The fraction of sp³-hybridized carbons (Fsp3) is 0.250. The van der Waals surface area contributed by atoms with Crippen molar-refractivity contribution < 1.29 is 13.9 Å². The molecule has 5 nitrogen and oxygen atoms in total. The van der Waals surface area contributed by atoms with E-state index in [0.29, 0.717) is 30.0 Å². The number of pyridine rings is 1. The Labute approximate surface area is 127 Å². The molecule has 6 heteroatoms. The predicted octanol–water partition coefficient (Wildman–Crippen LogP) is 2.33. The van der Waals surface area contributed by atoms with Crippen LogP contribution in [0.25, 0.3) is 0 Å². The lowest BCUT2D eigenvalue weighted by Gasteiger charge is -2.35. The lowest BCUT2D eigenvalue weighted by Crippen LogP contribution is -2.42. The van der Waals surface area contributed by atoms with Crippen LogP contribution in [0.3, 0.4) is 0 Å². The van der Waals surface area contributed by atoms with Crippen LogP contribution in [0.2, 0.25) is 0 Å². The van der Waals surface area contributed by atoms with E-state index in [1.54, 1.807) is 29.3 Å². The number of fused-ring (bicyclic) bond motifs is 1. The molecule has 1 aromatic heterocycles. The molecule has 0 radical (unpaired) electrons. The van der Waals surface area contributed by atoms with E-state index in [1.165, 1.54) is 19.2 Å². The van der Waals surface area contributed by atoms with Gasteiger partial charge in [-0.25, -0.2) is 9.37 Å². The lowest BCUT2D eigenvalue weighted by atomic mass is 10.1. The molecule has 3 rings (SSSR count). The number of carbonyl (C=O) groups excluding carboxylic acids is 1. The first-order valence-electron chi connectivity index (χ1n) is 6.93. The van der Waals surface area contributed by atoms with Gasteiger partial charge in [0, 0.05) is 26.3 Å². The third-order valence-electron chi connectivity index (χ3n) is 3.74. The Bertz CT molecular complexity index is 720. The molecule has 1 aromatic carbocycles. The highest BCUT2D eigenvalue weighted by Gasteiger charge is 2.28. The third kappa shape index (κ3) is 2.36. The third-order valence-corrected chi connectivity index (χ3v) is 3.74. The minimum Gasteiger partial charge on any atom is -0.480 e. The smallest absolute Gasteiger partial charge is 0.263 e. The molecule has 0 saturated heterocycles. The number of ether oxygens (including phenoxy) is 1. The minimum atomic E-state index is -0.321. The van der Waals surface area contributed by atoms with Crippen LogP contribution in [-0.4, -0.2) is 38.1 Å². The number of benzene rings is 1. The molecule has 0 unspecified atom stereocenters. The Kier molecular flexibility index (Phi) is 3.66. The van der Waals surface area contributed by atoms with Crippen molar-refractivity contribution in [2.24, 2.45) is 0 Å². The maximum absolute atomic E-state index is 13.5. The van der Waals surface area contributed by atoms with Gasteiger partial charge in [0.25, 0.3) is 5.91 Å². The van der Waals surface area contributed by atoms with Gasteiger partial charge in [-0.2, -0.15) is 0 Å². The van der Waals surface area contributed by atoms with E-state index in [9.17, 15) is 9.18 Å². The number of methoxy groups -OCH3 is 1. The summed E-state index contributed by atoms with van der Waals surface area (Å²) in [4.78, 5) is 20.5. The first-order valence-corrected chi connectivity index (χ1v) is 6.93. The molecule has 114 valence electrons. The molecule has 0 saturated carbocycles. The fourth-order valence-electron chi connectivity index (χ4n) is 2.59. The van der Waals surface area contributed by atoms with Gasteiger partial charge < -0.3 is 14.5 Å². The number of anilines is 2. The quantitative estimate of drug-likeness (QED) is 0.854. The van der Waals surface area contributed by atoms with E-state index in [4.69, 9.17) is 4.74 Å². The van der Waals surface area contributed by atoms with Gasteiger partial charge >= 0.3 is 0 Å². The minimum absolute atomic E-state index is 0.203. The number of aromatic nitrogens is 1. The summed E-state index contributed by atoms with van der Waals surface area (Å²) in [5.41, 5.74) is 1.78. The molecule has 22 heavy (non-hydrogen) atoms. The molecule has 1 amide bonds. The van der Waals surface area contributed by atoms with Crippen LogP contribution in [0.15, 0.2) is 36.5 Å². The van der Waals surface area contributed by atoms with E-state index in [1.807, 2.05) is 11.9 Å². The van der Waals surface area contributed by atoms with Crippen LogP contribution in [0.1, 0.15) is 10.4 Å². The Hall–Kier alpha value is -2.63. The number of amides is 1. The maximum atomic E-state index is 13.5. The molecule has 0 aliphatic carbocycles. The molecule has 0 atom stereocenters. The van der Waals surface area contributed by atoms with Crippen LogP contribution < -0.4 is 14.5 Å². The normalized spacial score (nSPS) is 13.8. The van der Waals surface area contributed by atoms with Gasteiger partial charge in [0.1, 0.15) is 11.4 Å². The molecular weight excluding hydrogens is 285 g/mol. The zero-order valence-electron chi connectivity index (χ0n) is 12.4. The number of carbonyl (C=O) groups is 1. The summed E-state index contributed by atoms with van der Waals surface area (Å²) < 4.78 is 18.6. The standard InChI is InChI=1S/C16H16FN3O2/c1-19-8-9-20(13-6-5-11(17)10-14(13)19)16(21)12-4-3-7-18-15(12)22-2/h3-7,10H,8-9H2,1-2H3. The van der Waals surface area contributed by atoms with Crippen molar-refractivity contribution in [3.63, 3.8) is 0 Å². The average Bonchev–Trinajstić information content (AvgIpc) is 2.55. The molecule has 1 aliphatic heterocycles. The highest BCUT2D eigenvalue weighted by Crippen LogP contribution is 2.34. The molecule has 0 spiro atoms. The van der Waals surface area contributed by atoms with Crippen molar-refractivity contribution in [3.8, 4) is 5.88 Å². The van der Waals surface area contributed by atoms with Gasteiger partial charge in [-0.3, -0.25) is 4.79 Å². The van der Waals surface area contributed by atoms with Gasteiger partial charge in [0.15, 0.2) is 0 Å². The monoisotopic (exact) mass is 301 g/mol. The first-order chi connectivity index (χ1) is 10.6. The highest BCUT2D eigenvalue weighted by molar-refractivity contribution is 6.09. The topological polar surface area (TPSA) is 45.7 Å². The van der Waals surface area contributed by atoms with Crippen molar-refractivity contribution >= 4 is 17.3 Å². The Morgan fingerprint density at radius 2 is 2.09 bits per heavy atom. The van der Waals surface area contributed by atoms with E-state index in [0.717, 1.165) is 0 Å². The number of hydrogen-bond acceptors (Lipinski definition) is 4. The number of likely N-dealkylation sites (N-methyl/N-ethyl adjacent to an activating group) is 1. The molecule has 2 aromatic rings. The summed E-state index contributed by atoms with van der Waals surface area (Å²) in [5.74, 6) is -0.236. The van der Waals surface area contributed by atoms with Crippen LogP contribution >= 0.6 is 0 Å². The fourth-order valence-corrected chi connectivity index (χ4v) is 2.59. The van der Waals surface area contributed by atoms with E-state index in [2.05, 4.69) is 4.98 Å². The van der Waals surface area contributed by atoms with Gasteiger partial charge in [-0.15, -0.1) is 0 Å². The summed E-state index contributed by atoms with van der Waals surface area (Å²) in [5, 5.41) is 0. The zero-order chi connectivity index (χ0) is 15.7. The van der Waals surface area contributed by atoms with Crippen LogP contribution in [-0.2, 0) is 0 Å². The zero-order valence-corrected chi connectivity index (χ0v) is 12.4. The van der Waals surface area contributed by atoms with E-state index < -0.39 is 0 Å². The molecule has 0 N–H and O–H groups in total. The first kappa shape index (κ1) is 14.3. The second-order valence-corrected chi connectivity index (χ2v) is 5.07. The largest absolute Gasteiger partial charge is 0.480 e. The number of halogens is 1. The maximum Gasteiger partial charge on any atom is 0.263 e. The van der Waals surface area contributed by atoms with Gasteiger partial charge in [0.05, 0.1) is 18.5 Å². The molecule has 2 heterocycles. The summed E-state index contributed by atoms with van der Waals surface area (Å²) >= 11 is 0. The molecular formula is C16H16FN3O2. The highest BCUT2D eigenvalue weighted by atomic mass is 19.1. The van der Waals surface area contributed by atoms with Gasteiger partial charge in [0.2, 0.25) is 5.88 Å². The number of nitrogens with zero attached hydrogens (tertiary/aromatic N) is 3. The second-order valence-electron chi connectivity index (χ2n) is 5.07. The second kappa shape index (κ2) is 5.63. The molecule has 0 bridgehead atoms. The van der Waals surface area contributed by atoms with Crippen molar-refractivity contribution in [1.29, 1.82) is 0 Å². The SMILES string of the molecule is COc1ncccc1C(=O)N1CCN(C)c2cc(F)ccc21. The molecule has 1 aliphatic rings. The van der Waals surface area contributed by atoms with Crippen LogP contribution in [0, 0.1) is 5.82 Å². The Morgan fingerprint density at radius 1 is 1.27 bits per heavy atom. The van der Waals surface area contributed by atoms with Crippen molar-refractivity contribution in [2.45, 2.75) is 0 Å².